The van der Waals surface area contributed by atoms with Crippen molar-refractivity contribution in [2.75, 3.05) is 0 Å². The lowest BCUT2D eigenvalue weighted by Crippen LogP contribution is -2.19. The zero-order valence-electron chi connectivity index (χ0n) is 11.7. The summed E-state index contributed by atoms with van der Waals surface area (Å²) in [7, 11) is 0. The second-order valence-electron chi connectivity index (χ2n) is 5.19. The Morgan fingerprint density at radius 2 is 2.25 bits per heavy atom. The Balaban J connectivity index is 1.69. The highest BCUT2D eigenvalue weighted by molar-refractivity contribution is 5.40. The molecule has 6 heteroatoms. The van der Waals surface area contributed by atoms with Gasteiger partial charge in [0.25, 0.3) is 5.89 Å². The first kappa shape index (κ1) is 13.3. The van der Waals surface area contributed by atoms with Gasteiger partial charge in [0, 0.05) is 12.4 Å². The Hall–Kier alpha value is -1.69. The van der Waals surface area contributed by atoms with Crippen LogP contribution in [0.15, 0.2) is 16.9 Å². The van der Waals surface area contributed by atoms with Crippen LogP contribution in [0.2, 0.25) is 0 Å². The first-order valence-corrected chi connectivity index (χ1v) is 7.35. The van der Waals surface area contributed by atoms with E-state index in [4.69, 9.17) is 9.26 Å². The second-order valence-corrected chi connectivity index (χ2v) is 5.19. The predicted molar refractivity (Wildman–Crippen MR) is 72.9 cm³/mol. The fourth-order valence-electron chi connectivity index (χ4n) is 2.61. The predicted octanol–water partition coefficient (Wildman–Crippen LogP) is 3.26. The lowest BCUT2D eigenvalue weighted by Gasteiger charge is -2.25. The van der Waals surface area contributed by atoms with E-state index >= 15 is 0 Å². The zero-order chi connectivity index (χ0) is 13.8. The molecule has 0 amide bonds. The summed E-state index contributed by atoms with van der Waals surface area (Å²) in [5.41, 5.74) is 0. The highest BCUT2D eigenvalue weighted by atomic mass is 16.5. The van der Waals surface area contributed by atoms with E-state index in [0.717, 1.165) is 19.3 Å². The summed E-state index contributed by atoms with van der Waals surface area (Å²) in [4.78, 5) is 11.5. The van der Waals surface area contributed by atoms with Gasteiger partial charge in [-0.3, -0.25) is 0 Å². The fourth-order valence-corrected chi connectivity index (χ4v) is 2.61. The minimum Gasteiger partial charge on any atom is -0.365 e. The third-order valence-corrected chi connectivity index (χ3v) is 3.71. The van der Waals surface area contributed by atoms with Gasteiger partial charge >= 0.3 is 0 Å². The number of aromatic nitrogens is 4. The average molecular weight is 276 g/mol. The second kappa shape index (κ2) is 6.17. The molecule has 6 nitrogen and oxygen atoms in total. The minimum atomic E-state index is -0.116. The van der Waals surface area contributed by atoms with Gasteiger partial charge in [-0.1, -0.05) is 31.3 Å². The lowest BCUT2D eigenvalue weighted by atomic mass is 9.97. The van der Waals surface area contributed by atoms with E-state index in [2.05, 4.69) is 27.0 Å². The summed E-state index contributed by atoms with van der Waals surface area (Å²) in [5.74, 6) is 1.65. The maximum absolute atomic E-state index is 6.13. The number of nitrogens with zero attached hydrogens (tertiary/aromatic N) is 3. The van der Waals surface area contributed by atoms with E-state index in [1.54, 1.807) is 12.4 Å². The highest BCUT2D eigenvalue weighted by Gasteiger charge is 2.24. The number of aromatic amines is 1. The smallest absolute Gasteiger partial charge is 0.256 e. The molecule has 1 unspecified atom stereocenters. The molecule has 0 saturated heterocycles. The summed E-state index contributed by atoms with van der Waals surface area (Å²) in [6, 6.07) is 0. The molecule has 1 saturated carbocycles. The first-order chi connectivity index (χ1) is 9.86. The molecule has 1 N–H and O–H groups in total. The van der Waals surface area contributed by atoms with Crippen LogP contribution in [0, 0.1) is 0 Å². The van der Waals surface area contributed by atoms with E-state index < -0.39 is 0 Å². The van der Waals surface area contributed by atoms with E-state index in [1.165, 1.54) is 19.3 Å². The molecule has 0 aromatic carbocycles. The van der Waals surface area contributed by atoms with Crippen molar-refractivity contribution in [2.24, 2.45) is 0 Å². The summed E-state index contributed by atoms with van der Waals surface area (Å²) in [6.07, 6.45) is 10.5. The number of rotatable bonds is 5. The summed E-state index contributed by atoms with van der Waals surface area (Å²) >= 11 is 0. The quantitative estimate of drug-likeness (QED) is 0.907. The van der Waals surface area contributed by atoms with Gasteiger partial charge < -0.3 is 14.2 Å². The Morgan fingerprint density at radius 3 is 2.95 bits per heavy atom. The van der Waals surface area contributed by atoms with Crippen molar-refractivity contribution in [2.45, 2.75) is 57.7 Å². The monoisotopic (exact) mass is 276 g/mol. The molecule has 108 valence electrons. The molecule has 1 atom stereocenters. The molecule has 2 aromatic heterocycles. The van der Waals surface area contributed by atoms with E-state index in [9.17, 15) is 0 Å². The van der Waals surface area contributed by atoms with Gasteiger partial charge in [-0.05, 0) is 19.3 Å². The van der Waals surface area contributed by atoms with Crippen LogP contribution >= 0.6 is 0 Å². The molecule has 1 fully saturated rings. The minimum absolute atomic E-state index is 0.116. The van der Waals surface area contributed by atoms with Gasteiger partial charge in [0.15, 0.2) is 5.82 Å². The molecule has 1 aliphatic rings. The van der Waals surface area contributed by atoms with Crippen molar-refractivity contribution < 1.29 is 9.26 Å². The van der Waals surface area contributed by atoms with Gasteiger partial charge in [-0.25, -0.2) is 4.98 Å². The largest absolute Gasteiger partial charge is 0.365 e. The van der Waals surface area contributed by atoms with Crippen molar-refractivity contribution in [3.8, 4) is 11.6 Å². The molecule has 0 aliphatic heterocycles. The molecule has 20 heavy (non-hydrogen) atoms. The van der Waals surface area contributed by atoms with Crippen LogP contribution < -0.4 is 0 Å². The molecule has 0 spiro atoms. The standard InChI is InChI=1S/C14H20N4O2/c1-2-11(19-10-6-4-3-5-7-10)14-17-13(18-20-14)12-15-8-9-16-12/h8-11H,2-7H2,1H3,(H,15,16). The van der Waals surface area contributed by atoms with Crippen molar-refractivity contribution in [1.29, 1.82) is 0 Å². The highest BCUT2D eigenvalue weighted by Crippen LogP contribution is 2.28. The lowest BCUT2D eigenvalue weighted by molar-refractivity contribution is -0.0468. The molecular formula is C14H20N4O2. The molecule has 2 heterocycles. The number of nitrogens with one attached hydrogen (secondary N) is 1. The molecule has 3 rings (SSSR count). The van der Waals surface area contributed by atoms with E-state index in [1.807, 2.05) is 0 Å². The van der Waals surface area contributed by atoms with Gasteiger partial charge in [-0.2, -0.15) is 4.98 Å². The summed E-state index contributed by atoms with van der Waals surface area (Å²) in [6.45, 7) is 2.07. The van der Waals surface area contributed by atoms with Gasteiger partial charge in [0.2, 0.25) is 5.82 Å². The van der Waals surface area contributed by atoms with Crippen LogP contribution in [0.1, 0.15) is 57.4 Å². The average Bonchev–Trinajstić information content (AvgIpc) is 3.16. The van der Waals surface area contributed by atoms with Crippen molar-refractivity contribution in [3.05, 3.63) is 18.3 Å². The molecule has 0 bridgehead atoms. The Kier molecular flexibility index (Phi) is 4.11. The molecular weight excluding hydrogens is 256 g/mol. The van der Waals surface area contributed by atoms with E-state index in [-0.39, 0.29) is 6.10 Å². The van der Waals surface area contributed by atoms with Crippen molar-refractivity contribution >= 4 is 0 Å². The Bertz CT molecular complexity index is 517. The van der Waals surface area contributed by atoms with Gasteiger partial charge in [-0.15, -0.1) is 0 Å². The Morgan fingerprint density at radius 1 is 1.40 bits per heavy atom. The third-order valence-electron chi connectivity index (χ3n) is 3.71. The van der Waals surface area contributed by atoms with Crippen LogP contribution in [0.3, 0.4) is 0 Å². The Labute approximate surface area is 117 Å². The topological polar surface area (TPSA) is 76.8 Å². The van der Waals surface area contributed by atoms with Gasteiger partial charge in [0.05, 0.1) is 6.10 Å². The number of hydrogen-bond acceptors (Lipinski definition) is 5. The fraction of sp³-hybridized carbons (Fsp3) is 0.643. The van der Waals surface area contributed by atoms with Crippen LogP contribution in [-0.4, -0.2) is 26.2 Å². The van der Waals surface area contributed by atoms with Crippen molar-refractivity contribution in [3.63, 3.8) is 0 Å². The van der Waals surface area contributed by atoms with Crippen LogP contribution in [0.4, 0.5) is 0 Å². The van der Waals surface area contributed by atoms with Crippen molar-refractivity contribution in [1.82, 2.24) is 20.1 Å². The molecule has 2 aromatic rings. The summed E-state index contributed by atoms with van der Waals surface area (Å²) in [5, 5.41) is 3.96. The number of H-pyrrole nitrogens is 1. The molecule has 1 aliphatic carbocycles. The van der Waals surface area contributed by atoms with Crippen LogP contribution in [0.5, 0.6) is 0 Å². The normalized spacial score (nSPS) is 18.2. The van der Waals surface area contributed by atoms with Crippen LogP contribution in [0.25, 0.3) is 11.6 Å². The van der Waals surface area contributed by atoms with Gasteiger partial charge in [0.1, 0.15) is 6.10 Å². The molecule has 0 radical (unpaired) electrons. The van der Waals surface area contributed by atoms with E-state index in [0.29, 0.717) is 23.6 Å². The zero-order valence-corrected chi connectivity index (χ0v) is 11.7. The first-order valence-electron chi connectivity index (χ1n) is 7.35. The van der Waals surface area contributed by atoms with Crippen LogP contribution in [-0.2, 0) is 4.74 Å². The third kappa shape index (κ3) is 2.90. The number of hydrogen-bond donors (Lipinski definition) is 1. The maximum Gasteiger partial charge on any atom is 0.256 e. The summed E-state index contributed by atoms with van der Waals surface area (Å²) < 4.78 is 11.5. The maximum atomic E-state index is 6.13. The number of ether oxygens (including phenoxy) is 1. The SMILES string of the molecule is CCC(OC1CCCCC1)c1nc(-c2ncc[nH]2)no1. The number of imidazole rings is 1.